The Balaban J connectivity index is 1.75. The zero-order valence-electron chi connectivity index (χ0n) is 14.4. The maximum atomic E-state index is 13.0. The second-order valence-electron chi connectivity index (χ2n) is 6.17. The molecule has 0 unspecified atom stereocenters. The number of fused-ring (bicyclic) bond motifs is 1. The Labute approximate surface area is 148 Å². The first kappa shape index (κ1) is 18.0. The third kappa shape index (κ3) is 3.90. The minimum absolute atomic E-state index is 0.273. The van der Waals surface area contributed by atoms with Crippen molar-refractivity contribution in [3.05, 3.63) is 23.8 Å². The lowest BCUT2D eigenvalue weighted by Crippen LogP contribution is -2.37. The largest absolute Gasteiger partial charge is 0.493 e. The number of hydrogen-bond acceptors (Lipinski definition) is 5. The van der Waals surface area contributed by atoms with E-state index in [1.54, 1.807) is 30.0 Å². The van der Waals surface area contributed by atoms with Crippen LogP contribution in [-0.4, -0.2) is 63.1 Å². The third-order valence-electron chi connectivity index (χ3n) is 4.50. The summed E-state index contributed by atoms with van der Waals surface area (Å²) in [6.07, 6.45) is 1.93. The van der Waals surface area contributed by atoms with Gasteiger partial charge in [-0.05, 0) is 49.9 Å². The third-order valence-corrected chi connectivity index (χ3v) is 6.39. The molecule has 1 aromatic rings. The Hall–Kier alpha value is -1.80. The standard InChI is InChI=1S/C17H24N2O5S/c1-2-23-17(20)18-8-4-9-19(11-10-18)25(21,22)15-6-7-16-14(13-15)5-3-12-24-16/h6-7,13H,2-5,8-12H2,1H3. The molecule has 1 amide bonds. The number of carbonyl (C=O) groups is 1. The maximum Gasteiger partial charge on any atom is 0.409 e. The molecule has 0 N–H and O–H groups in total. The molecule has 2 heterocycles. The quantitative estimate of drug-likeness (QED) is 0.814. The summed E-state index contributed by atoms with van der Waals surface area (Å²) < 4.78 is 38.0. The van der Waals surface area contributed by atoms with Crippen LogP contribution in [0, 0.1) is 0 Å². The van der Waals surface area contributed by atoms with Gasteiger partial charge >= 0.3 is 6.09 Å². The van der Waals surface area contributed by atoms with Crippen molar-refractivity contribution in [3.63, 3.8) is 0 Å². The van der Waals surface area contributed by atoms with E-state index >= 15 is 0 Å². The summed E-state index contributed by atoms with van der Waals surface area (Å²) in [5.74, 6) is 0.773. The molecule has 0 atom stereocenters. The van der Waals surface area contributed by atoms with E-state index in [0.717, 1.165) is 24.2 Å². The van der Waals surface area contributed by atoms with Gasteiger partial charge in [0.1, 0.15) is 5.75 Å². The SMILES string of the molecule is CCOC(=O)N1CCCN(S(=O)(=O)c2ccc3c(c2)CCCO3)CC1. The predicted molar refractivity (Wildman–Crippen MR) is 92.2 cm³/mol. The molecule has 1 aromatic carbocycles. The first-order valence-corrected chi connectivity index (χ1v) is 10.1. The highest BCUT2D eigenvalue weighted by molar-refractivity contribution is 7.89. The number of benzene rings is 1. The second-order valence-corrected chi connectivity index (χ2v) is 8.10. The topological polar surface area (TPSA) is 76.2 Å². The van der Waals surface area contributed by atoms with Gasteiger partial charge in [0, 0.05) is 26.2 Å². The van der Waals surface area contributed by atoms with Crippen LogP contribution in [0.4, 0.5) is 4.79 Å². The fraction of sp³-hybridized carbons (Fsp3) is 0.588. The van der Waals surface area contributed by atoms with Crippen molar-refractivity contribution in [2.75, 3.05) is 39.4 Å². The fourth-order valence-corrected chi connectivity index (χ4v) is 4.70. The number of carbonyl (C=O) groups excluding carboxylic acids is 1. The lowest BCUT2D eigenvalue weighted by atomic mass is 10.1. The molecule has 0 aromatic heterocycles. The van der Waals surface area contributed by atoms with E-state index in [2.05, 4.69) is 0 Å². The predicted octanol–water partition coefficient (Wildman–Crippen LogP) is 1.86. The number of ether oxygens (including phenoxy) is 2. The van der Waals surface area contributed by atoms with Crippen LogP contribution < -0.4 is 4.74 Å². The molecule has 8 heteroatoms. The Morgan fingerprint density at radius 2 is 2.04 bits per heavy atom. The van der Waals surface area contributed by atoms with Crippen molar-refractivity contribution in [2.45, 2.75) is 31.1 Å². The van der Waals surface area contributed by atoms with Gasteiger partial charge in [-0.25, -0.2) is 13.2 Å². The average molecular weight is 368 g/mol. The van der Waals surface area contributed by atoms with Crippen LogP contribution in [0.25, 0.3) is 0 Å². The van der Waals surface area contributed by atoms with E-state index < -0.39 is 10.0 Å². The summed E-state index contributed by atoms with van der Waals surface area (Å²) in [5.41, 5.74) is 0.940. The number of amides is 1. The summed E-state index contributed by atoms with van der Waals surface area (Å²) in [6, 6.07) is 5.06. The van der Waals surface area contributed by atoms with Crippen molar-refractivity contribution in [1.82, 2.24) is 9.21 Å². The van der Waals surface area contributed by atoms with Crippen molar-refractivity contribution < 1.29 is 22.7 Å². The molecule has 1 fully saturated rings. The van der Waals surface area contributed by atoms with E-state index in [-0.39, 0.29) is 12.6 Å². The molecule has 25 heavy (non-hydrogen) atoms. The van der Waals surface area contributed by atoms with Crippen LogP contribution in [0.3, 0.4) is 0 Å². The molecular weight excluding hydrogens is 344 g/mol. The first-order chi connectivity index (χ1) is 12.0. The highest BCUT2D eigenvalue weighted by Gasteiger charge is 2.29. The van der Waals surface area contributed by atoms with Crippen LogP contribution in [0.1, 0.15) is 25.3 Å². The first-order valence-electron chi connectivity index (χ1n) is 8.70. The summed E-state index contributed by atoms with van der Waals surface area (Å²) in [4.78, 5) is 13.7. The summed E-state index contributed by atoms with van der Waals surface area (Å²) in [5, 5.41) is 0. The Morgan fingerprint density at radius 1 is 1.20 bits per heavy atom. The molecule has 3 rings (SSSR count). The normalized spacial score (nSPS) is 18.8. The van der Waals surface area contributed by atoms with Gasteiger partial charge in [-0.3, -0.25) is 0 Å². The number of rotatable bonds is 3. The summed E-state index contributed by atoms with van der Waals surface area (Å²) in [6.45, 7) is 4.26. The van der Waals surface area contributed by atoms with Crippen molar-refractivity contribution in [2.24, 2.45) is 0 Å². The Bertz CT molecular complexity index is 735. The van der Waals surface area contributed by atoms with E-state index in [4.69, 9.17) is 9.47 Å². The van der Waals surface area contributed by atoms with Gasteiger partial charge < -0.3 is 14.4 Å². The molecule has 1 saturated heterocycles. The Morgan fingerprint density at radius 3 is 2.84 bits per heavy atom. The zero-order chi connectivity index (χ0) is 17.9. The monoisotopic (exact) mass is 368 g/mol. The molecule has 2 aliphatic rings. The molecule has 0 bridgehead atoms. The van der Waals surface area contributed by atoms with Gasteiger partial charge in [-0.1, -0.05) is 0 Å². The lowest BCUT2D eigenvalue weighted by Gasteiger charge is -2.23. The second kappa shape index (κ2) is 7.61. The minimum atomic E-state index is -3.58. The van der Waals surface area contributed by atoms with Crippen molar-refractivity contribution in [1.29, 1.82) is 0 Å². The van der Waals surface area contributed by atoms with E-state index in [9.17, 15) is 13.2 Å². The molecule has 0 spiro atoms. The van der Waals surface area contributed by atoms with E-state index in [0.29, 0.717) is 44.2 Å². The van der Waals surface area contributed by atoms with Crippen LogP contribution in [-0.2, 0) is 21.2 Å². The average Bonchev–Trinajstić information content (AvgIpc) is 2.88. The molecule has 0 saturated carbocycles. The number of nitrogens with zero attached hydrogens (tertiary/aromatic N) is 2. The number of aryl methyl sites for hydroxylation is 1. The van der Waals surface area contributed by atoms with Crippen LogP contribution in [0.2, 0.25) is 0 Å². The van der Waals surface area contributed by atoms with Gasteiger partial charge in [-0.15, -0.1) is 0 Å². The fourth-order valence-electron chi connectivity index (χ4n) is 3.18. The number of sulfonamides is 1. The molecular formula is C17H24N2O5S. The highest BCUT2D eigenvalue weighted by Crippen LogP contribution is 2.28. The van der Waals surface area contributed by atoms with Crippen LogP contribution in [0.5, 0.6) is 5.75 Å². The highest BCUT2D eigenvalue weighted by atomic mass is 32.2. The molecule has 138 valence electrons. The van der Waals surface area contributed by atoms with Gasteiger partial charge in [0.2, 0.25) is 10.0 Å². The van der Waals surface area contributed by atoms with E-state index in [1.807, 2.05) is 0 Å². The van der Waals surface area contributed by atoms with E-state index in [1.165, 1.54) is 4.31 Å². The van der Waals surface area contributed by atoms with Gasteiger partial charge in [0.15, 0.2) is 0 Å². The molecule has 0 radical (unpaired) electrons. The Kier molecular flexibility index (Phi) is 5.48. The van der Waals surface area contributed by atoms with Crippen LogP contribution in [0.15, 0.2) is 23.1 Å². The lowest BCUT2D eigenvalue weighted by molar-refractivity contribution is 0.109. The summed E-state index contributed by atoms with van der Waals surface area (Å²) in [7, 11) is -3.58. The molecule has 7 nitrogen and oxygen atoms in total. The minimum Gasteiger partial charge on any atom is -0.493 e. The van der Waals surface area contributed by atoms with Crippen molar-refractivity contribution >= 4 is 16.1 Å². The van der Waals surface area contributed by atoms with Gasteiger partial charge in [0.25, 0.3) is 0 Å². The van der Waals surface area contributed by atoms with Gasteiger partial charge in [0.05, 0.1) is 18.1 Å². The smallest absolute Gasteiger partial charge is 0.409 e. The zero-order valence-corrected chi connectivity index (χ0v) is 15.3. The van der Waals surface area contributed by atoms with Crippen LogP contribution >= 0.6 is 0 Å². The molecule has 2 aliphatic heterocycles. The summed E-state index contributed by atoms with van der Waals surface area (Å²) >= 11 is 0. The van der Waals surface area contributed by atoms with Gasteiger partial charge in [-0.2, -0.15) is 4.31 Å². The van der Waals surface area contributed by atoms with Crippen molar-refractivity contribution in [3.8, 4) is 5.75 Å². The number of hydrogen-bond donors (Lipinski definition) is 0. The molecule has 0 aliphatic carbocycles. The maximum absolute atomic E-state index is 13.0.